The predicted molar refractivity (Wildman–Crippen MR) is 118 cm³/mol. The Bertz CT molecular complexity index is 1030. The van der Waals surface area contributed by atoms with Gasteiger partial charge in [0, 0.05) is 6.44 Å². The zero-order chi connectivity index (χ0) is 21.6. The molecule has 3 rings (SSSR count). The van der Waals surface area contributed by atoms with Crippen molar-refractivity contribution in [1.82, 2.24) is 10.0 Å². The molecule has 6 nitrogen and oxygen atoms in total. The van der Waals surface area contributed by atoms with E-state index >= 15 is 0 Å². The summed E-state index contributed by atoms with van der Waals surface area (Å²) < 4.78 is 29.1. The van der Waals surface area contributed by atoms with Gasteiger partial charge in [-0.05, 0) is 30.2 Å². The van der Waals surface area contributed by atoms with Crippen LogP contribution in [0.15, 0.2) is 89.8 Å². The van der Waals surface area contributed by atoms with E-state index in [1.54, 1.807) is 24.3 Å². The third kappa shape index (κ3) is 5.78. The number of sulfonamides is 1. The van der Waals surface area contributed by atoms with Crippen molar-refractivity contribution in [2.24, 2.45) is 0 Å². The summed E-state index contributed by atoms with van der Waals surface area (Å²) in [7, 11) is -5.40. The summed E-state index contributed by atoms with van der Waals surface area (Å²) >= 11 is 0. The van der Waals surface area contributed by atoms with Gasteiger partial charge in [-0.2, -0.15) is 0 Å². The maximum Gasteiger partial charge on any atom is 0.466 e. The quantitative estimate of drug-likeness (QED) is 0.396. The van der Waals surface area contributed by atoms with Crippen LogP contribution in [0.4, 0.5) is 0 Å². The van der Waals surface area contributed by atoms with E-state index < -0.39 is 29.2 Å². The van der Waals surface area contributed by atoms with Gasteiger partial charge >= 0.3 is 7.12 Å². The Labute approximate surface area is 177 Å². The van der Waals surface area contributed by atoms with Crippen LogP contribution in [-0.2, 0) is 10.0 Å². The van der Waals surface area contributed by atoms with Crippen molar-refractivity contribution in [2.75, 3.05) is 6.44 Å². The van der Waals surface area contributed by atoms with Crippen molar-refractivity contribution < 1.29 is 18.5 Å². The lowest BCUT2D eigenvalue weighted by atomic mass is 9.88. The number of benzene rings is 3. The molecule has 0 spiro atoms. The van der Waals surface area contributed by atoms with E-state index in [4.69, 9.17) is 0 Å². The Kier molecular flexibility index (Phi) is 7.41. The van der Waals surface area contributed by atoms with Gasteiger partial charge in [-0.1, -0.05) is 78.4 Å². The summed E-state index contributed by atoms with van der Waals surface area (Å²) in [6, 6.07) is 24.0. The van der Waals surface area contributed by atoms with Crippen LogP contribution in [0.5, 0.6) is 0 Å². The fourth-order valence-electron chi connectivity index (χ4n) is 3.26. The number of hydrogen-bond donors (Lipinski definition) is 4. The first-order chi connectivity index (χ1) is 14.4. The lowest BCUT2D eigenvalue weighted by Crippen LogP contribution is -2.42. The van der Waals surface area contributed by atoms with Gasteiger partial charge in [-0.3, -0.25) is 0 Å². The molecule has 0 aromatic heterocycles. The highest BCUT2D eigenvalue weighted by Gasteiger charge is 2.30. The molecule has 156 valence electrons. The maximum absolute atomic E-state index is 13.2. The molecule has 0 aliphatic carbocycles. The van der Waals surface area contributed by atoms with Crippen molar-refractivity contribution in [3.63, 3.8) is 0 Å². The Morgan fingerprint density at radius 1 is 0.800 bits per heavy atom. The maximum atomic E-state index is 13.2. The minimum absolute atomic E-state index is 0.116. The molecule has 0 aliphatic rings. The zero-order valence-electron chi connectivity index (χ0n) is 16.6. The third-order valence-electron chi connectivity index (χ3n) is 4.78. The Morgan fingerprint density at radius 2 is 1.30 bits per heavy atom. The van der Waals surface area contributed by atoms with Crippen LogP contribution >= 0.6 is 0 Å². The summed E-state index contributed by atoms with van der Waals surface area (Å²) in [6.07, 6.45) is -0.116. The molecule has 4 N–H and O–H groups in total. The molecule has 0 saturated heterocycles. The van der Waals surface area contributed by atoms with Gasteiger partial charge in [0.15, 0.2) is 0 Å². The molecule has 0 saturated carbocycles. The van der Waals surface area contributed by atoms with E-state index in [0.29, 0.717) is 0 Å². The molecule has 3 aromatic rings. The first-order valence-corrected chi connectivity index (χ1v) is 11.1. The van der Waals surface area contributed by atoms with E-state index in [1.807, 2.05) is 67.6 Å². The van der Waals surface area contributed by atoms with Gasteiger partial charge in [-0.25, -0.2) is 13.1 Å². The van der Waals surface area contributed by atoms with Crippen molar-refractivity contribution in [2.45, 2.75) is 23.9 Å². The van der Waals surface area contributed by atoms with Crippen LogP contribution in [0.1, 0.15) is 28.8 Å². The average molecular weight is 424 g/mol. The van der Waals surface area contributed by atoms with Crippen LogP contribution in [0.2, 0.25) is 0 Å². The fourth-order valence-corrected chi connectivity index (χ4v) is 4.50. The van der Waals surface area contributed by atoms with Gasteiger partial charge in [-0.15, -0.1) is 0 Å². The molecule has 8 heteroatoms. The molecule has 0 aliphatic heterocycles. The smallest absolute Gasteiger partial charge is 0.426 e. The lowest BCUT2D eigenvalue weighted by Gasteiger charge is -2.30. The highest BCUT2D eigenvalue weighted by Crippen LogP contribution is 2.30. The summed E-state index contributed by atoms with van der Waals surface area (Å²) in [5, 5.41) is 21.9. The number of nitrogens with one attached hydrogen (secondary N) is 2. The number of aryl methyl sites for hydroxylation is 1. The van der Waals surface area contributed by atoms with Crippen LogP contribution in [0.25, 0.3) is 0 Å². The highest BCUT2D eigenvalue weighted by atomic mass is 32.2. The molecule has 0 bridgehead atoms. The monoisotopic (exact) mass is 424 g/mol. The Morgan fingerprint density at radius 3 is 1.80 bits per heavy atom. The first kappa shape index (κ1) is 22.2. The minimum atomic E-state index is -3.83. The normalized spacial score (nSPS) is 13.6. The van der Waals surface area contributed by atoms with Crippen molar-refractivity contribution in [3.8, 4) is 0 Å². The standard InChI is InChI=1S/C22H25BN2O4S/c1-17-12-14-20(15-13-17)30(28,29)25-22(19-10-6-3-7-11-19)21(24-16-23(26)27)18-8-4-2-5-9-18/h2-15,21-22,24-27H,16H2,1H3/t21-,22-/m0/s1. The third-order valence-corrected chi connectivity index (χ3v) is 6.24. The second kappa shape index (κ2) is 10.0. The van der Waals surface area contributed by atoms with Crippen LogP contribution in [-0.4, -0.2) is 32.0 Å². The topological polar surface area (TPSA) is 98.7 Å². The summed E-state index contributed by atoms with van der Waals surface area (Å²) in [6.45, 7) is 1.89. The van der Waals surface area contributed by atoms with Gasteiger partial charge in [0.25, 0.3) is 0 Å². The molecule has 0 fully saturated rings. The van der Waals surface area contributed by atoms with Gasteiger partial charge in [0.2, 0.25) is 10.0 Å². The average Bonchev–Trinajstić information content (AvgIpc) is 2.74. The number of rotatable bonds is 9. The van der Waals surface area contributed by atoms with Crippen molar-refractivity contribution in [3.05, 3.63) is 102 Å². The van der Waals surface area contributed by atoms with E-state index in [-0.39, 0.29) is 11.3 Å². The van der Waals surface area contributed by atoms with Crippen LogP contribution in [0.3, 0.4) is 0 Å². The molecule has 0 unspecified atom stereocenters. The fraction of sp³-hybridized carbons (Fsp3) is 0.182. The second-order valence-electron chi connectivity index (χ2n) is 7.10. The summed E-state index contributed by atoms with van der Waals surface area (Å²) in [4.78, 5) is 0.169. The van der Waals surface area contributed by atoms with Gasteiger partial charge < -0.3 is 15.4 Å². The van der Waals surface area contributed by atoms with Gasteiger partial charge in [0.05, 0.1) is 17.0 Å². The molecular weight excluding hydrogens is 399 g/mol. The molecule has 0 radical (unpaired) electrons. The summed E-state index contributed by atoms with van der Waals surface area (Å²) in [5.41, 5.74) is 2.54. The van der Waals surface area contributed by atoms with E-state index in [9.17, 15) is 18.5 Å². The molecule has 0 heterocycles. The Hall–Kier alpha value is -2.49. The second-order valence-corrected chi connectivity index (χ2v) is 8.81. The van der Waals surface area contributed by atoms with E-state index in [1.165, 1.54) is 0 Å². The summed E-state index contributed by atoms with van der Waals surface area (Å²) in [5.74, 6) is 0. The SMILES string of the molecule is Cc1ccc(S(=O)(=O)N[C@@H](c2ccccc2)[C@@H](NCB(O)O)c2ccccc2)cc1. The largest absolute Gasteiger partial charge is 0.466 e. The van der Waals surface area contributed by atoms with Crippen LogP contribution < -0.4 is 10.0 Å². The number of hydrogen-bond acceptors (Lipinski definition) is 5. The highest BCUT2D eigenvalue weighted by molar-refractivity contribution is 7.89. The van der Waals surface area contributed by atoms with Gasteiger partial charge in [0.1, 0.15) is 0 Å². The Balaban J connectivity index is 2.03. The van der Waals surface area contributed by atoms with E-state index in [2.05, 4.69) is 10.0 Å². The predicted octanol–water partition coefficient (Wildman–Crippen LogP) is 2.36. The van der Waals surface area contributed by atoms with Crippen molar-refractivity contribution in [1.29, 1.82) is 0 Å². The zero-order valence-corrected chi connectivity index (χ0v) is 17.5. The molecule has 3 aromatic carbocycles. The molecule has 30 heavy (non-hydrogen) atoms. The van der Waals surface area contributed by atoms with Crippen LogP contribution in [0, 0.1) is 6.92 Å². The first-order valence-electron chi connectivity index (χ1n) is 9.65. The van der Waals surface area contributed by atoms with E-state index in [0.717, 1.165) is 16.7 Å². The molecule has 2 atom stereocenters. The molecule has 0 amide bonds. The minimum Gasteiger partial charge on any atom is -0.426 e. The van der Waals surface area contributed by atoms with Crippen molar-refractivity contribution >= 4 is 17.1 Å². The molecular formula is C22H25BN2O4S. The lowest BCUT2D eigenvalue weighted by molar-refractivity contribution is 0.377.